The number of fused-ring (bicyclic) bond motifs is 3. The van der Waals surface area contributed by atoms with Gasteiger partial charge >= 0.3 is 0 Å². The summed E-state index contributed by atoms with van der Waals surface area (Å²) in [4.78, 5) is 32.8. The van der Waals surface area contributed by atoms with Gasteiger partial charge in [-0.1, -0.05) is 42.5 Å². The molecule has 6 nitrogen and oxygen atoms in total. The predicted octanol–water partition coefficient (Wildman–Crippen LogP) is 3.47. The topological polar surface area (TPSA) is 100 Å². The number of nitrogens with zero attached hydrogens (tertiary/aromatic N) is 3. The molecule has 5 rings (SSSR count). The van der Waals surface area contributed by atoms with Gasteiger partial charge in [0.15, 0.2) is 11.2 Å². The molecule has 2 aliphatic heterocycles. The minimum atomic E-state index is -1.74. The maximum absolute atomic E-state index is 14.0. The van der Waals surface area contributed by atoms with Crippen LogP contribution in [0.2, 0.25) is 0 Å². The highest BCUT2D eigenvalue weighted by Gasteiger charge is 2.65. The molecular formula is C26H19FN4O2. The van der Waals surface area contributed by atoms with Crippen molar-refractivity contribution in [2.75, 3.05) is 4.90 Å². The minimum Gasteiger partial charge on any atom is -0.368 e. The highest BCUT2D eigenvalue weighted by molar-refractivity contribution is 6.06. The zero-order chi connectivity index (χ0) is 23.2. The summed E-state index contributed by atoms with van der Waals surface area (Å²) in [7, 11) is 0. The van der Waals surface area contributed by atoms with E-state index in [1.807, 2.05) is 0 Å². The highest BCUT2D eigenvalue weighted by Crippen LogP contribution is 2.55. The van der Waals surface area contributed by atoms with Crippen LogP contribution in [0.1, 0.15) is 27.4 Å². The van der Waals surface area contributed by atoms with E-state index in [0.29, 0.717) is 22.4 Å². The van der Waals surface area contributed by atoms with Crippen molar-refractivity contribution in [1.29, 1.82) is 5.26 Å². The van der Waals surface area contributed by atoms with Crippen LogP contribution in [0.4, 0.5) is 10.1 Å². The van der Waals surface area contributed by atoms with E-state index in [9.17, 15) is 19.2 Å². The predicted molar refractivity (Wildman–Crippen MR) is 120 cm³/mol. The van der Waals surface area contributed by atoms with E-state index in [0.717, 1.165) is 0 Å². The SMILES string of the molecule is N#C[C@]1(C(N)=O)[C@H](c2ccncc2)[C@@H](C(=O)c2ccccc2)N2c3ccc(F)cc3C=C[C@@H]21. The Balaban J connectivity index is 1.81. The van der Waals surface area contributed by atoms with E-state index in [1.54, 1.807) is 78.0 Å². The molecule has 0 saturated carbocycles. The molecule has 0 radical (unpaired) electrons. The number of amides is 1. The molecule has 1 aromatic heterocycles. The number of hydrogen-bond donors (Lipinski definition) is 1. The van der Waals surface area contributed by atoms with E-state index >= 15 is 0 Å². The number of rotatable bonds is 4. The van der Waals surface area contributed by atoms with Gasteiger partial charge < -0.3 is 10.6 Å². The molecule has 7 heteroatoms. The highest BCUT2D eigenvalue weighted by atomic mass is 19.1. The second-order valence-electron chi connectivity index (χ2n) is 8.19. The van der Waals surface area contributed by atoms with Crippen LogP contribution in [0.15, 0.2) is 79.1 Å². The summed E-state index contributed by atoms with van der Waals surface area (Å²) < 4.78 is 14.0. The molecule has 1 fully saturated rings. The number of halogens is 1. The lowest BCUT2D eigenvalue weighted by molar-refractivity contribution is -0.125. The summed E-state index contributed by atoms with van der Waals surface area (Å²) >= 11 is 0. The van der Waals surface area contributed by atoms with Gasteiger partial charge in [-0.3, -0.25) is 14.6 Å². The van der Waals surface area contributed by atoms with Crippen LogP contribution in [-0.2, 0) is 4.79 Å². The molecule has 2 N–H and O–H groups in total. The second kappa shape index (κ2) is 7.68. The average molecular weight is 438 g/mol. The molecule has 2 aromatic carbocycles. The number of nitrogens with two attached hydrogens (primary N) is 1. The third-order valence-electron chi connectivity index (χ3n) is 6.58. The monoisotopic (exact) mass is 438 g/mol. The van der Waals surface area contributed by atoms with Crippen LogP contribution >= 0.6 is 0 Å². The summed E-state index contributed by atoms with van der Waals surface area (Å²) in [5.41, 5.74) is 6.35. The van der Waals surface area contributed by atoms with Gasteiger partial charge in [0.2, 0.25) is 5.91 Å². The van der Waals surface area contributed by atoms with E-state index in [1.165, 1.54) is 12.1 Å². The molecule has 3 aromatic rings. The number of Topliss-reactive ketones (excluding diaryl/α,β-unsaturated/α-hetero) is 1. The standard InChI is InChI=1S/C26H19FN4O2/c27-19-7-8-20-18(14-19)6-9-21-26(15-28,25(29)33)22(16-10-12-30-13-11-16)23(31(20)21)24(32)17-4-2-1-3-5-17/h1-14,21-23H,(H2,29,33)/t21-,22-,23+,26-/m1/s1. The quantitative estimate of drug-likeness (QED) is 0.629. The first kappa shape index (κ1) is 20.6. The Bertz CT molecular complexity index is 1320. The molecule has 0 bridgehead atoms. The number of carbonyl (C=O) groups excluding carboxylic acids is 2. The first-order valence-electron chi connectivity index (χ1n) is 10.5. The molecule has 3 heterocycles. The third-order valence-corrected chi connectivity index (χ3v) is 6.58. The Morgan fingerprint density at radius 1 is 1.09 bits per heavy atom. The molecule has 162 valence electrons. The fourth-order valence-electron chi connectivity index (χ4n) is 5.18. The zero-order valence-corrected chi connectivity index (χ0v) is 17.4. The summed E-state index contributed by atoms with van der Waals surface area (Å²) in [6.07, 6.45) is 6.45. The third kappa shape index (κ3) is 2.95. The van der Waals surface area contributed by atoms with Gasteiger partial charge in [0, 0.05) is 35.1 Å². The molecule has 33 heavy (non-hydrogen) atoms. The normalized spacial score (nSPS) is 25.1. The van der Waals surface area contributed by atoms with Gasteiger partial charge in [0.25, 0.3) is 0 Å². The van der Waals surface area contributed by atoms with Crippen LogP contribution in [0.5, 0.6) is 0 Å². The fourth-order valence-corrected chi connectivity index (χ4v) is 5.18. The van der Waals surface area contributed by atoms with Gasteiger partial charge in [-0.15, -0.1) is 0 Å². The van der Waals surface area contributed by atoms with Crippen LogP contribution in [-0.4, -0.2) is 28.8 Å². The van der Waals surface area contributed by atoms with Gasteiger partial charge in [0.1, 0.15) is 11.9 Å². The summed E-state index contributed by atoms with van der Waals surface area (Å²) in [6.45, 7) is 0. The number of ketones is 1. The van der Waals surface area contributed by atoms with Crippen LogP contribution in [0.3, 0.4) is 0 Å². The Kier molecular flexibility index (Phi) is 4.79. The first-order chi connectivity index (χ1) is 16.0. The Hall–Kier alpha value is -4.31. The van der Waals surface area contributed by atoms with E-state index in [2.05, 4.69) is 11.1 Å². The van der Waals surface area contributed by atoms with Crippen molar-refractivity contribution in [1.82, 2.24) is 4.98 Å². The van der Waals surface area contributed by atoms with Crippen LogP contribution in [0, 0.1) is 22.6 Å². The lowest BCUT2D eigenvalue weighted by Gasteiger charge is -2.36. The largest absolute Gasteiger partial charge is 0.368 e. The summed E-state index contributed by atoms with van der Waals surface area (Å²) in [5.74, 6) is -2.37. The molecule has 1 saturated heterocycles. The van der Waals surface area contributed by atoms with E-state index in [-0.39, 0.29) is 5.78 Å². The van der Waals surface area contributed by atoms with Crippen molar-refractivity contribution in [2.24, 2.45) is 11.1 Å². The van der Waals surface area contributed by atoms with Gasteiger partial charge in [-0.25, -0.2) is 4.39 Å². The van der Waals surface area contributed by atoms with Gasteiger partial charge in [-0.05, 0) is 35.9 Å². The van der Waals surface area contributed by atoms with Gasteiger partial charge in [0.05, 0.1) is 12.1 Å². The van der Waals surface area contributed by atoms with Crippen molar-refractivity contribution < 1.29 is 14.0 Å². The van der Waals surface area contributed by atoms with Crippen molar-refractivity contribution in [2.45, 2.75) is 18.0 Å². The Morgan fingerprint density at radius 3 is 2.48 bits per heavy atom. The molecule has 2 aliphatic rings. The lowest BCUT2D eigenvalue weighted by atomic mass is 9.67. The fraction of sp³-hybridized carbons (Fsp3) is 0.154. The van der Waals surface area contributed by atoms with Crippen LogP contribution in [0.25, 0.3) is 6.08 Å². The number of anilines is 1. The summed E-state index contributed by atoms with van der Waals surface area (Å²) in [6, 6.07) is 16.8. The molecule has 1 amide bonds. The number of nitriles is 1. The minimum absolute atomic E-state index is 0.258. The van der Waals surface area contributed by atoms with E-state index in [4.69, 9.17) is 5.73 Å². The van der Waals surface area contributed by atoms with Crippen molar-refractivity contribution in [3.8, 4) is 6.07 Å². The number of primary amides is 1. The van der Waals surface area contributed by atoms with E-state index < -0.39 is 35.1 Å². The second-order valence-corrected chi connectivity index (χ2v) is 8.19. The first-order valence-corrected chi connectivity index (χ1v) is 10.5. The lowest BCUT2D eigenvalue weighted by Crippen LogP contribution is -2.49. The number of carbonyl (C=O) groups is 2. The average Bonchev–Trinajstić information content (AvgIpc) is 3.16. The van der Waals surface area contributed by atoms with Crippen molar-refractivity contribution in [3.05, 3.63) is 102 Å². The van der Waals surface area contributed by atoms with Crippen molar-refractivity contribution >= 4 is 23.5 Å². The Morgan fingerprint density at radius 2 is 1.82 bits per heavy atom. The maximum Gasteiger partial charge on any atom is 0.241 e. The smallest absolute Gasteiger partial charge is 0.241 e. The molecule has 0 unspecified atom stereocenters. The number of benzene rings is 2. The molecule has 0 aliphatic carbocycles. The molecular weight excluding hydrogens is 419 g/mol. The number of pyridine rings is 1. The zero-order valence-electron chi connectivity index (χ0n) is 17.4. The molecule has 4 atom stereocenters. The van der Waals surface area contributed by atoms with Crippen molar-refractivity contribution in [3.63, 3.8) is 0 Å². The Labute approximate surface area is 189 Å². The summed E-state index contributed by atoms with van der Waals surface area (Å²) in [5, 5.41) is 10.4. The molecule has 0 spiro atoms. The maximum atomic E-state index is 14.0. The van der Waals surface area contributed by atoms with Crippen LogP contribution < -0.4 is 10.6 Å². The van der Waals surface area contributed by atoms with Gasteiger partial charge in [-0.2, -0.15) is 5.26 Å². The number of aromatic nitrogens is 1. The number of hydrogen-bond acceptors (Lipinski definition) is 5.